The summed E-state index contributed by atoms with van der Waals surface area (Å²) in [4.78, 5) is 21.8. The first-order valence-corrected chi connectivity index (χ1v) is 5.19. The summed E-state index contributed by atoms with van der Waals surface area (Å²) in [5.41, 5.74) is 0. The molecule has 0 heterocycles. The van der Waals surface area contributed by atoms with Crippen LogP contribution >= 0.6 is 0 Å². The maximum absolute atomic E-state index is 11.1. The van der Waals surface area contributed by atoms with E-state index in [9.17, 15) is 9.59 Å². The van der Waals surface area contributed by atoms with Gasteiger partial charge >= 0.3 is 11.9 Å². The first-order chi connectivity index (χ1) is 7.13. The molecule has 84 valence electrons. The molecular formula is C11H16O4. The van der Waals surface area contributed by atoms with Crippen LogP contribution in [0.2, 0.25) is 0 Å². The Kier molecular flexibility index (Phi) is 4.34. The van der Waals surface area contributed by atoms with Gasteiger partial charge < -0.3 is 9.84 Å². The highest BCUT2D eigenvalue weighted by Crippen LogP contribution is 2.26. The van der Waals surface area contributed by atoms with E-state index in [1.54, 1.807) is 13.0 Å². The van der Waals surface area contributed by atoms with E-state index in [0.29, 0.717) is 25.7 Å². The number of allylic oxidation sites excluding steroid dienone is 1. The summed E-state index contributed by atoms with van der Waals surface area (Å²) in [5, 5.41) is 8.77. The van der Waals surface area contributed by atoms with Crippen LogP contribution in [0.25, 0.3) is 0 Å². The summed E-state index contributed by atoms with van der Waals surface area (Å²) in [6.45, 7) is 1.75. The van der Waals surface area contributed by atoms with Crippen LogP contribution in [-0.4, -0.2) is 23.1 Å². The lowest BCUT2D eigenvalue weighted by Gasteiger charge is -2.25. The molecule has 0 aromatic heterocycles. The Morgan fingerprint density at radius 2 is 1.87 bits per heavy atom. The molecule has 0 aromatic rings. The second-order valence-electron chi connectivity index (χ2n) is 3.75. The van der Waals surface area contributed by atoms with E-state index in [4.69, 9.17) is 9.84 Å². The van der Waals surface area contributed by atoms with E-state index in [0.717, 1.165) is 0 Å². The third-order valence-electron chi connectivity index (χ3n) is 2.61. The molecule has 0 amide bonds. The smallest absolute Gasteiger partial charge is 0.330 e. The fraction of sp³-hybridized carbons (Fsp3) is 0.636. The van der Waals surface area contributed by atoms with Crippen molar-refractivity contribution in [2.75, 3.05) is 0 Å². The van der Waals surface area contributed by atoms with Crippen LogP contribution in [0.1, 0.15) is 32.6 Å². The molecule has 0 spiro atoms. The van der Waals surface area contributed by atoms with E-state index in [2.05, 4.69) is 0 Å². The fourth-order valence-corrected chi connectivity index (χ4v) is 1.77. The van der Waals surface area contributed by atoms with Gasteiger partial charge in [0.05, 0.1) is 5.92 Å². The molecule has 0 atom stereocenters. The molecule has 1 rings (SSSR count). The van der Waals surface area contributed by atoms with Gasteiger partial charge in [-0.2, -0.15) is 0 Å². The van der Waals surface area contributed by atoms with Crippen LogP contribution in [0.4, 0.5) is 0 Å². The molecule has 0 aromatic carbocycles. The lowest BCUT2D eigenvalue weighted by atomic mass is 9.87. The van der Waals surface area contributed by atoms with Gasteiger partial charge in [-0.25, -0.2) is 4.79 Å². The highest BCUT2D eigenvalue weighted by atomic mass is 16.5. The van der Waals surface area contributed by atoms with Gasteiger partial charge in [0, 0.05) is 6.08 Å². The van der Waals surface area contributed by atoms with Gasteiger partial charge in [-0.3, -0.25) is 4.79 Å². The zero-order valence-corrected chi connectivity index (χ0v) is 8.81. The predicted octanol–water partition coefficient (Wildman–Crippen LogP) is 1.75. The Labute approximate surface area is 88.9 Å². The third kappa shape index (κ3) is 3.73. The minimum atomic E-state index is -0.742. The lowest BCUT2D eigenvalue weighted by molar-refractivity contribution is -0.148. The second-order valence-corrected chi connectivity index (χ2v) is 3.75. The molecule has 0 bridgehead atoms. The SMILES string of the molecule is CC=CC(=O)OC1CCC(C(=O)O)CC1. The number of carbonyl (C=O) groups excluding carboxylic acids is 1. The Balaban J connectivity index is 2.31. The molecule has 4 heteroatoms. The zero-order chi connectivity index (χ0) is 11.3. The van der Waals surface area contributed by atoms with E-state index >= 15 is 0 Å². The number of aliphatic carboxylic acids is 1. The van der Waals surface area contributed by atoms with Gasteiger partial charge in [0.1, 0.15) is 6.10 Å². The normalized spacial score (nSPS) is 26.5. The third-order valence-corrected chi connectivity index (χ3v) is 2.61. The predicted molar refractivity (Wildman–Crippen MR) is 54.3 cm³/mol. The molecule has 0 unspecified atom stereocenters. The number of esters is 1. The van der Waals surface area contributed by atoms with Gasteiger partial charge in [0.15, 0.2) is 0 Å². The van der Waals surface area contributed by atoms with Crippen LogP contribution in [0, 0.1) is 5.92 Å². The zero-order valence-electron chi connectivity index (χ0n) is 8.81. The Morgan fingerprint density at radius 1 is 1.27 bits per heavy atom. The summed E-state index contributed by atoms with van der Waals surface area (Å²) < 4.78 is 5.14. The monoisotopic (exact) mass is 212 g/mol. The highest BCUT2D eigenvalue weighted by molar-refractivity contribution is 5.81. The van der Waals surface area contributed by atoms with Crippen molar-refractivity contribution >= 4 is 11.9 Å². The van der Waals surface area contributed by atoms with Gasteiger partial charge in [-0.05, 0) is 32.6 Å². The second kappa shape index (κ2) is 5.53. The highest BCUT2D eigenvalue weighted by Gasteiger charge is 2.27. The van der Waals surface area contributed by atoms with Gasteiger partial charge in [-0.15, -0.1) is 0 Å². The van der Waals surface area contributed by atoms with Crippen LogP contribution in [-0.2, 0) is 14.3 Å². The summed E-state index contributed by atoms with van der Waals surface area (Å²) in [6, 6.07) is 0. The molecule has 15 heavy (non-hydrogen) atoms. The van der Waals surface area contributed by atoms with E-state index < -0.39 is 5.97 Å². The number of carboxylic acid groups (broad SMARTS) is 1. The van der Waals surface area contributed by atoms with Crippen molar-refractivity contribution in [2.45, 2.75) is 38.7 Å². The first kappa shape index (κ1) is 11.8. The number of hydrogen-bond donors (Lipinski definition) is 1. The van der Waals surface area contributed by atoms with E-state index in [-0.39, 0.29) is 18.0 Å². The van der Waals surface area contributed by atoms with Crippen molar-refractivity contribution in [1.29, 1.82) is 0 Å². The summed E-state index contributed by atoms with van der Waals surface area (Å²) in [5.74, 6) is -1.34. The summed E-state index contributed by atoms with van der Waals surface area (Å²) in [6.07, 6.45) is 5.41. The summed E-state index contributed by atoms with van der Waals surface area (Å²) >= 11 is 0. The van der Waals surface area contributed by atoms with Crippen LogP contribution in [0.3, 0.4) is 0 Å². The van der Waals surface area contributed by atoms with Gasteiger partial charge in [0.25, 0.3) is 0 Å². The molecule has 1 saturated carbocycles. The Hall–Kier alpha value is -1.32. The van der Waals surface area contributed by atoms with Gasteiger partial charge in [-0.1, -0.05) is 6.08 Å². The Morgan fingerprint density at radius 3 is 2.33 bits per heavy atom. The van der Waals surface area contributed by atoms with Crippen LogP contribution < -0.4 is 0 Å². The molecule has 0 radical (unpaired) electrons. The molecule has 1 fully saturated rings. The van der Waals surface area contributed by atoms with Gasteiger partial charge in [0.2, 0.25) is 0 Å². The van der Waals surface area contributed by atoms with Crippen molar-refractivity contribution in [3.63, 3.8) is 0 Å². The average Bonchev–Trinajstić information content (AvgIpc) is 2.18. The summed E-state index contributed by atoms with van der Waals surface area (Å²) in [7, 11) is 0. The maximum Gasteiger partial charge on any atom is 0.330 e. The lowest BCUT2D eigenvalue weighted by Crippen LogP contribution is -2.27. The number of carboxylic acids is 1. The first-order valence-electron chi connectivity index (χ1n) is 5.19. The van der Waals surface area contributed by atoms with E-state index in [1.807, 2.05) is 0 Å². The minimum absolute atomic E-state index is 0.107. The number of carbonyl (C=O) groups is 2. The van der Waals surface area contributed by atoms with Crippen LogP contribution in [0.15, 0.2) is 12.2 Å². The number of ether oxygens (including phenoxy) is 1. The number of hydrogen-bond acceptors (Lipinski definition) is 3. The Bertz CT molecular complexity index is 262. The number of rotatable bonds is 3. The van der Waals surface area contributed by atoms with Crippen molar-refractivity contribution in [3.05, 3.63) is 12.2 Å². The molecule has 4 nitrogen and oxygen atoms in total. The molecular weight excluding hydrogens is 196 g/mol. The van der Waals surface area contributed by atoms with Crippen molar-refractivity contribution in [3.8, 4) is 0 Å². The van der Waals surface area contributed by atoms with Crippen molar-refractivity contribution < 1.29 is 19.4 Å². The standard InChI is InChI=1S/C11H16O4/c1-2-3-10(12)15-9-6-4-8(5-7-9)11(13)14/h2-3,8-9H,4-7H2,1H3,(H,13,14). The fourth-order valence-electron chi connectivity index (χ4n) is 1.77. The molecule has 1 N–H and O–H groups in total. The van der Waals surface area contributed by atoms with Crippen LogP contribution in [0.5, 0.6) is 0 Å². The van der Waals surface area contributed by atoms with E-state index in [1.165, 1.54) is 6.08 Å². The van der Waals surface area contributed by atoms with Crippen molar-refractivity contribution in [2.24, 2.45) is 5.92 Å². The molecule has 1 aliphatic rings. The molecule has 0 saturated heterocycles. The average molecular weight is 212 g/mol. The largest absolute Gasteiger partial charge is 0.481 e. The van der Waals surface area contributed by atoms with Crippen molar-refractivity contribution in [1.82, 2.24) is 0 Å². The molecule has 0 aliphatic heterocycles. The molecule has 1 aliphatic carbocycles. The minimum Gasteiger partial charge on any atom is -0.481 e. The quantitative estimate of drug-likeness (QED) is 0.571. The topological polar surface area (TPSA) is 63.6 Å². The maximum atomic E-state index is 11.1.